The third-order valence-electron chi connectivity index (χ3n) is 3.48. The van der Waals surface area contributed by atoms with Gasteiger partial charge in [-0.05, 0) is 30.9 Å². The summed E-state index contributed by atoms with van der Waals surface area (Å²) in [6.45, 7) is 4.73. The van der Waals surface area contributed by atoms with Gasteiger partial charge in [0.2, 0.25) is 0 Å². The van der Waals surface area contributed by atoms with Crippen LogP contribution in [-0.2, 0) is 6.54 Å². The smallest absolute Gasteiger partial charge is 0.268 e. The summed E-state index contributed by atoms with van der Waals surface area (Å²) in [4.78, 5) is 19.2. The van der Waals surface area contributed by atoms with Gasteiger partial charge in [0.1, 0.15) is 10.5 Å². The summed E-state index contributed by atoms with van der Waals surface area (Å²) in [6.07, 6.45) is 0. The largest absolute Gasteiger partial charge is 0.308 e. The second kappa shape index (κ2) is 5.79. The maximum absolute atomic E-state index is 11.9. The van der Waals surface area contributed by atoms with E-state index in [9.17, 15) is 4.79 Å². The number of nitrogens with zero attached hydrogens (tertiary/aromatic N) is 1. The van der Waals surface area contributed by atoms with Crippen molar-refractivity contribution in [1.29, 1.82) is 0 Å². The minimum absolute atomic E-state index is 0.0602. The van der Waals surface area contributed by atoms with Crippen LogP contribution < -0.4 is 10.9 Å². The molecule has 0 amide bonds. The van der Waals surface area contributed by atoms with Crippen LogP contribution in [0.1, 0.15) is 29.9 Å². The van der Waals surface area contributed by atoms with Crippen LogP contribution in [0.5, 0.6) is 0 Å². The minimum Gasteiger partial charge on any atom is -0.308 e. The Kier molecular flexibility index (Phi) is 3.86. The van der Waals surface area contributed by atoms with Crippen LogP contribution in [0, 0.1) is 6.92 Å². The molecule has 0 aliphatic carbocycles. The lowest BCUT2D eigenvalue weighted by Gasteiger charge is -2.14. The Morgan fingerprint density at radius 3 is 3.05 bits per heavy atom. The number of thiophene rings is 1. The zero-order chi connectivity index (χ0) is 14.8. The van der Waals surface area contributed by atoms with E-state index >= 15 is 0 Å². The lowest BCUT2D eigenvalue weighted by Crippen LogP contribution is -2.22. The number of benzene rings is 1. The molecular weight excluding hydrogens is 282 g/mol. The lowest BCUT2D eigenvalue weighted by molar-refractivity contribution is 0.559. The van der Waals surface area contributed by atoms with Gasteiger partial charge in [-0.2, -0.15) is 0 Å². The van der Waals surface area contributed by atoms with E-state index in [4.69, 9.17) is 0 Å². The Bertz CT molecular complexity index is 822. The normalized spacial score (nSPS) is 12.7. The van der Waals surface area contributed by atoms with E-state index in [0.717, 1.165) is 5.52 Å². The van der Waals surface area contributed by atoms with Gasteiger partial charge >= 0.3 is 0 Å². The first kappa shape index (κ1) is 14.0. The molecule has 4 nitrogen and oxygen atoms in total. The third-order valence-corrected chi connectivity index (χ3v) is 4.38. The lowest BCUT2D eigenvalue weighted by atomic mass is 10.1. The number of aromatic nitrogens is 2. The molecule has 5 heteroatoms. The van der Waals surface area contributed by atoms with Crippen LogP contribution in [0.15, 0.2) is 40.5 Å². The summed E-state index contributed by atoms with van der Waals surface area (Å²) in [5.41, 5.74) is 3.18. The van der Waals surface area contributed by atoms with Gasteiger partial charge in [-0.3, -0.25) is 4.79 Å². The molecule has 1 atom stereocenters. The molecule has 0 radical (unpaired) electrons. The molecule has 21 heavy (non-hydrogen) atoms. The van der Waals surface area contributed by atoms with Gasteiger partial charge in [0.25, 0.3) is 5.56 Å². The van der Waals surface area contributed by atoms with Crippen LogP contribution in [0.25, 0.3) is 10.2 Å². The summed E-state index contributed by atoms with van der Waals surface area (Å²) >= 11 is 1.42. The van der Waals surface area contributed by atoms with Crippen molar-refractivity contribution in [2.75, 3.05) is 0 Å². The Morgan fingerprint density at radius 1 is 1.38 bits per heavy atom. The molecule has 108 valence electrons. The molecule has 0 bridgehead atoms. The van der Waals surface area contributed by atoms with E-state index in [1.807, 2.05) is 11.4 Å². The van der Waals surface area contributed by atoms with Crippen LogP contribution >= 0.6 is 11.3 Å². The quantitative estimate of drug-likeness (QED) is 0.778. The highest BCUT2D eigenvalue weighted by atomic mass is 32.1. The van der Waals surface area contributed by atoms with Crippen molar-refractivity contribution in [2.24, 2.45) is 0 Å². The molecule has 3 rings (SSSR count). The Hall–Kier alpha value is -1.98. The van der Waals surface area contributed by atoms with Gasteiger partial charge in [0.05, 0.1) is 12.1 Å². The number of aryl methyl sites for hydroxylation is 1. The molecule has 0 saturated heterocycles. The van der Waals surface area contributed by atoms with Gasteiger partial charge in [0, 0.05) is 6.04 Å². The molecule has 0 spiro atoms. The van der Waals surface area contributed by atoms with Gasteiger partial charge in [-0.1, -0.05) is 29.8 Å². The Labute approximate surface area is 126 Å². The van der Waals surface area contributed by atoms with E-state index in [2.05, 4.69) is 53.4 Å². The second-order valence-electron chi connectivity index (χ2n) is 5.16. The summed E-state index contributed by atoms with van der Waals surface area (Å²) in [5.74, 6) is 0.672. The summed E-state index contributed by atoms with van der Waals surface area (Å²) in [6, 6.07) is 10.5. The topological polar surface area (TPSA) is 57.8 Å². The van der Waals surface area contributed by atoms with E-state index in [1.54, 1.807) is 0 Å². The molecule has 0 aliphatic heterocycles. The fourth-order valence-electron chi connectivity index (χ4n) is 2.31. The maximum atomic E-state index is 11.9. The van der Waals surface area contributed by atoms with Crippen LogP contribution in [-0.4, -0.2) is 9.97 Å². The average Bonchev–Trinajstić information content (AvgIpc) is 2.93. The third kappa shape index (κ3) is 3.04. The number of hydrogen-bond donors (Lipinski definition) is 2. The van der Waals surface area contributed by atoms with Crippen molar-refractivity contribution in [2.45, 2.75) is 26.4 Å². The molecule has 0 fully saturated rings. The first-order valence-corrected chi connectivity index (χ1v) is 7.78. The Morgan fingerprint density at radius 2 is 2.24 bits per heavy atom. The fourth-order valence-corrected chi connectivity index (χ4v) is 3.04. The number of fused-ring (bicyclic) bond motifs is 1. The van der Waals surface area contributed by atoms with Gasteiger partial charge in [-0.15, -0.1) is 11.3 Å². The highest BCUT2D eigenvalue weighted by molar-refractivity contribution is 7.17. The highest BCUT2D eigenvalue weighted by Crippen LogP contribution is 2.15. The standard InChI is InChI=1S/C16H17N3OS/c1-10-4-3-5-12(8-10)11(2)17-9-14-18-13-6-7-21-15(13)16(20)19-14/h3-8,11,17H,9H2,1-2H3,(H,18,19,20)/t11-/m1/s1. The molecule has 0 saturated carbocycles. The van der Waals surface area contributed by atoms with Crippen molar-refractivity contribution in [3.05, 3.63) is 63.0 Å². The summed E-state index contributed by atoms with van der Waals surface area (Å²) in [5, 5.41) is 5.29. The number of rotatable bonds is 4. The van der Waals surface area contributed by atoms with Gasteiger partial charge in [-0.25, -0.2) is 4.98 Å². The van der Waals surface area contributed by atoms with Crippen molar-refractivity contribution < 1.29 is 0 Å². The second-order valence-corrected chi connectivity index (χ2v) is 6.08. The van der Waals surface area contributed by atoms with E-state index in [0.29, 0.717) is 17.1 Å². The maximum Gasteiger partial charge on any atom is 0.268 e. The predicted octanol–water partition coefficient (Wildman–Crippen LogP) is 3.14. The van der Waals surface area contributed by atoms with Crippen molar-refractivity contribution in [1.82, 2.24) is 15.3 Å². The SMILES string of the molecule is Cc1cccc([C@@H](C)NCc2nc3ccsc3c(=O)[nH]2)c1. The molecule has 2 aromatic heterocycles. The monoisotopic (exact) mass is 299 g/mol. The predicted molar refractivity (Wildman–Crippen MR) is 86.7 cm³/mol. The molecule has 0 unspecified atom stereocenters. The van der Waals surface area contributed by atoms with Crippen LogP contribution in [0.4, 0.5) is 0 Å². The van der Waals surface area contributed by atoms with E-state index in [1.165, 1.54) is 22.5 Å². The number of aromatic amines is 1. The first-order valence-electron chi connectivity index (χ1n) is 6.90. The van der Waals surface area contributed by atoms with Gasteiger partial charge in [0.15, 0.2) is 0 Å². The zero-order valence-corrected chi connectivity index (χ0v) is 12.8. The van der Waals surface area contributed by atoms with Gasteiger partial charge < -0.3 is 10.3 Å². The van der Waals surface area contributed by atoms with Crippen LogP contribution in [0.3, 0.4) is 0 Å². The Balaban J connectivity index is 1.75. The molecule has 3 aromatic rings. The molecule has 1 aromatic carbocycles. The minimum atomic E-state index is -0.0602. The highest BCUT2D eigenvalue weighted by Gasteiger charge is 2.08. The van der Waals surface area contributed by atoms with Crippen LogP contribution in [0.2, 0.25) is 0 Å². The summed E-state index contributed by atoms with van der Waals surface area (Å²) in [7, 11) is 0. The molecular formula is C16H17N3OS. The molecule has 0 aliphatic rings. The fraction of sp³-hybridized carbons (Fsp3) is 0.250. The number of H-pyrrole nitrogens is 1. The van der Waals surface area contributed by atoms with Crippen molar-refractivity contribution >= 4 is 21.6 Å². The van der Waals surface area contributed by atoms with E-state index in [-0.39, 0.29) is 11.6 Å². The van der Waals surface area contributed by atoms with Crippen molar-refractivity contribution in [3.8, 4) is 0 Å². The van der Waals surface area contributed by atoms with E-state index < -0.39 is 0 Å². The number of hydrogen-bond acceptors (Lipinski definition) is 4. The molecule has 2 heterocycles. The number of nitrogens with one attached hydrogen (secondary N) is 2. The first-order chi connectivity index (χ1) is 10.1. The zero-order valence-electron chi connectivity index (χ0n) is 12.0. The van der Waals surface area contributed by atoms with Crippen molar-refractivity contribution in [3.63, 3.8) is 0 Å². The average molecular weight is 299 g/mol. The molecule has 2 N–H and O–H groups in total. The summed E-state index contributed by atoms with van der Waals surface area (Å²) < 4.78 is 0.686.